The average molecular weight is 242 g/mol. The number of nitrogens with zero attached hydrogens (tertiary/aromatic N) is 1. The van der Waals surface area contributed by atoms with Crippen molar-refractivity contribution < 1.29 is 22.9 Å². The van der Waals surface area contributed by atoms with E-state index in [9.17, 15) is 0 Å². The number of morpholine rings is 1. The van der Waals surface area contributed by atoms with Gasteiger partial charge in [-0.1, -0.05) is 0 Å². The molecule has 3 nitrogen and oxygen atoms in total. The van der Waals surface area contributed by atoms with Gasteiger partial charge >= 0.3 is 0 Å². The zero-order valence-electron chi connectivity index (χ0n) is 15.6. The molecule has 0 spiro atoms. The second-order valence-electron chi connectivity index (χ2n) is 1.80. The highest BCUT2D eigenvalue weighted by Gasteiger charge is 2.13. The lowest BCUT2D eigenvalue weighted by Gasteiger charge is -2.25. The molecule has 0 aromatic carbocycles. The molecule has 0 N–H and O–H groups in total. The van der Waals surface area contributed by atoms with Gasteiger partial charge in [0.25, 0.3) is 0 Å². The van der Waals surface area contributed by atoms with Gasteiger partial charge in [0.15, 0.2) is 10.6 Å². The predicted molar refractivity (Wildman–Crippen MR) is 49.4 cm³/mol. The standard InChI is InChI=1S/C8H10BrNO2/c9-7-1-2-8(12-7)10-3-5-11-6-4-10/h1-2H,3-6H2/i1D,2D,3D2,4D2,5D2,6D2. The van der Waals surface area contributed by atoms with Crippen LogP contribution in [-0.2, 0) is 4.74 Å². The third-order valence-corrected chi connectivity index (χ3v) is 1.43. The van der Waals surface area contributed by atoms with Crippen LogP contribution in [0, 0.1) is 0 Å². The third-order valence-electron chi connectivity index (χ3n) is 1.07. The summed E-state index contributed by atoms with van der Waals surface area (Å²) in [5, 5.41) is 0. The van der Waals surface area contributed by atoms with E-state index in [1.807, 2.05) is 0 Å². The van der Waals surface area contributed by atoms with Crippen LogP contribution in [0.4, 0.5) is 5.88 Å². The SMILES string of the molecule is [2H]c1c(Br)oc(N2C([2H])([2H])C([2H])([2H])OC([2H])([2H])C2([2H])[2H])c1[2H]. The van der Waals surface area contributed by atoms with E-state index in [2.05, 4.69) is 20.7 Å². The molecule has 1 aliphatic heterocycles. The van der Waals surface area contributed by atoms with Gasteiger partial charge in [-0.05, 0) is 22.0 Å². The molecule has 0 unspecified atom stereocenters. The maximum absolute atomic E-state index is 7.80. The second-order valence-corrected chi connectivity index (χ2v) is 2.52. The monoisotopic (exact) mass is 241 g/mol. The van der Waals surface area contributed by atoms with E-state index in [4.69, 9.17) is 18.1 Å². The molecule has 12 heavy (non-hydrogen) atoms. The van der Waals surface area contributed by atoms with Crippen molar-refractivity contribution in [3.8, 4) is 0 Å². The Labute approximate surface area is 93.5 Å². The molecule has 1 aliphatic rings. The Bertz CT molecular complexity index is 588. The van der Waals surface area contributed by atoms with Crippen LogP contribution in [0.1, 0.15) is 13.7 Å². The number of anilines is 1. The summed E-state index contributed by atoms with van der Waals surface area (Å²) in [6.45, 7) is -12.9. The normalized spacial score (nSPS) is 47.2. The lowest BCUT2D eigenvalue weighted by Crippen LogP contribution is -2.35. The van der Waals surface area contributed by atoms with Gasteiger partial charge in [0.05, 0.1) is 26.8 Å². The van der Waals surface area contributed by atoms with E-state index in [0.29, 0.717) is 0 Å². The average Bonchev–Trinajstić information content (AvgIpc) is 2.54. The van der Waals surface area contributed by atoms with Crippen molar-refractivity contribution in [2.45, 2.75) is 0 Å². The maximum atomic E-state index is 7.80. The lowest BCUT2D eigenvalue weighted by molar-refractivity contribution is 0.120. The highest BCUT2D eigenvalue weighted by atomic mass is 79.9. The van der Waals surface area contributed by atoms with Gasteiger partial charge in [0.1, 0.15) is 0 Å². The largest absolute Gasteiger partial charge is 0.434 e. The smallest absolute Gasteiger partial charge is 0.197 e. The summed E-state index contributed by atoms with van der Waals surface area (Å²) in [4.78, 5) is 0.0225. The lowest BCUT2D eigenvalue weighted by atomic mass is 10.4. The van der Waals surface area contributed by atoms with Crippen LogP contribution in [0.3, 0.4) is 0 Å². The van der Waals surface area contributed by atoms with Gasteiger partial charge < -0.3 is 14.1 Å². The van der Waals surface area contributed by atoms with Gasteiger partial charge in [-0.2, -0.15) is 0 Å². The molecule has 0 bridgehead atoms. The zero-order chi connectivity index (χ0) is 17.3. The first-order chi connectivity index (χ1) is 9.67. The fraction of sp³-hybridized carbons (Fsp3) is 0.500. The molecule has 2 rings (SSSR count). The van der Waals surface area contributed by atoms with Crippen molar-refractivity contribution in [1.29, 1.82) is 0 Å². The van der Waals surface area contributed by atoms with Crippen LogP contribution in [0.15, 0.2) is 21.2 Å². The Kier molecular flexibility index (Phi) is 0.732. The van der Waals surface area contributed by atoms with E-state index in [1.54, 1.807) is 0 Å². The molecular formula is C8H10BrNO2. The van der Waals surface area contributed by atoms with Gasteiger partial charge in [0, 0.05) is 19.0 Å². The number of hydrogen-bond donors (Lipinski definition) is 0. The molecule has 1 aromatic rings. The quantitative estimate of drug-likeness (QED) is 0.751. The molecule has 0 aliphatic carbocycles. The van der Waals surface area contributed by atoms with Crippen molar-refractivity contribution in [2.24, 2.45) is 0 Å². The van der Waals surface area contributed by atoms with Gasteiger partial charge in [-0.3, -0.25) is 0 Å². The van der Waals surface area contributed by atoms with E-state index < -0.39 is 44.1 Å². The Balaban J connectivity index is 2.75. The molecule has 1 aromatic heterocycles. The third kappa shape index (κ3) is 1.64. The zero-order valence-corrected chi connectivity index (χ0v) is 7.23. The molecule has 0 atom stereocenters. The highest BCUT2D eigenvalue weighted by Crippen LogP contribution is 2.22. The Morgan fingerprint density at radius 3 is 2.83 bits per heavy atom. The molecule has 1 saturated heterocycles. The minimum Gasteiger partial charge on any atom is -0.434 e. The summed E-state index contributed by atoms with van der Waals surface area (Å²) in [5.74, 6) is -0.817. The summed E-state index contributed by atoms with van der Waals surface area (Å²) in [7, 11) is 0. The van der Waals surface area contributed by atoms with Crippen molar-refractivity contribution in [1.82, 2.24) is 0 Å². The van der Waals surface area contributed by atoms with Crippen LogP contribution in [0.5, 0.6) is 0 Å². The van der Waals surface area contributed by atoms with Crippen LogP contribution in [0.25, 0.3) is 0 Å². The fourth-order valence-corrected chi connectivity index (χ4v) is 0.884. The van der Waals surface area contributed by atoms with E-state index in [1.165, 1.54) is 0 Å². The Morgan fingerprint density at radius 1 is 1.50 bits per heavy atom. The minimum absolute atomic E-state index is 0.0225. The number of hydrogen-bond acceptors (Lipinski definition) is 3. The van der Waals surface area contributed by atoms with Crippen molar-refractivity contribution in [3.05, 3.63) is 16.8 Å². The first-order valence-electron chi connectivity index (χ1n) is 7.93. The molecule has 1 fully saturated rings. The van der Waals surface area contributed by atoms with Crippen LogP contribution in [0.2, 0.25) is 0 Å². The number of ether oxygens (including phenoxy) is 1. The second kappa shape index (κ2) is 3.49. The summed E-state index contributed by atoms with van der Waals surface area (Å²) < 4.78 is 85.5. The van der Waals surface area contributed by atoms with Gasteiger partial charge in [0.2, 0.25) is 0 Å². The number of halogens is 1. The maximum Gasteiger partial charge on any atom is 0.197 e. The van der Waals surface area contributed by atoms with Crippen molar-refractivity contribution in [3.63, 3.8) is 0 Å². The van der Waals surface area contributed by atoms with E-state index >= 15 is 0 Å². The first-order valence-corrected chi connectivity index (χ1v) is 3.72. The summed E-state index contributed by atoms with van der Waals surface area (Å²) >= 11 is 2.80. The first kappa shape index (κ1) is 2.51. The molecule has 0 saturated carbocycles. The van der Waals surface area contributed by atoms with E-state index in [0.717, 1.165) is 0 Å². The number of furan rings is 1. The van der Waals surface area contributed by atoms with Crippen LogP contribution in [-0.4, -0.2) is 26.1 Å². The number of rotatable bonds is 1. The summed E-state index contributed by atoms with van der Waals surface area (Å²) in [6, 6.07) is -1.22. The summed E-state index contributed by atoms with van der Waals surface area (Å²) in [5.41, 5.74) is 0. The van der Waals surface area contributed by atoms with Gasteiger partial charge in [-0.25, -0.2) is 0 Å². The fourth-order valence-electron chi connectivity index (χ4n) is 0.632. The summed E-state index contributed by atoms with van der Waals surface area (Å²) in [6.07, 6.45) is 0. The van der Waals surface area contributed by atoms with Gasteiger partial charge in [-0.15, -0.1) is 0 Å². The minimum atomic E-state index is -3.24. The molecule has 4 heteroatoms. The molecule has 2 heterocycles. The Hall–Kier alpha value is -0.480. The van der Waals surface area contributed by atoms with Crippen LogP contribution < -0.4 is 4.90 Å². The highest BCUT2D eigenvalue weighted by molar-refractivity contribution is 9.10. The molecule has 0 amide bonds. The predicted octanol–water partition coefficient (Wildman–Crippen LogP) is 1.88. The van der Waals surface area contributed by atoms with Crippen LogP contribution >= 0.6 is 15.9 Å². The Morgan fingerprint density at radius 2 is 2.25 bits per heavy atom. The van der Waals surface area contributed by atoms with Crippen molar-refractivity contribution in [2.75, 3.05) is 31.0 Å². The molecule has 66 valence electrons. The van der Waals surface area contributed by atoms with E-state index in [-0.39, 0.29) is 9.57 Å². The molecular weight excluding hydrogens is 222 g/mol. The molecule has 0 radical (unpaired) electrons. The topological polar surface area (TPSA) is 25.6 Å². The van der Waals surface area contributed by atoms with Crippen molar-refractivity contribution >= 4 is 21.8 Å².